The Morgan fingerprint density at radius 2 is 2.10 bits per heavy atom. The second-order valence-electron chi connectivity index (χ2n) is 5.18. The maximum atomic E-state index is 11.8. The summed E-state index contributed by atoms with van der Waals surface area (Å²) in [6.45, 7) is 0.327. The molecule has 0 heterocycles. The molecule has 0 aromatic heterocycles. The van der Waals surface area contributed by atoms with Crippen molar-refractivity contribution in [2.45, 2.75) is 30.2 Å². The fourth-order valence-electron chi connectivity index (χ4n) is 2.46. The molecule has 0 spiro atoms. The monoisotopic (exact) mass is 314 g/mol. The summed E-state index contributed by atoms with van der Waals surface area (Å²) >= 11 is 0. The van der Waals surface area contributed by atoms with Crippen LogP contribution in [0.1, 0.15) is 19.3 Å². The highest BCUT2D eigenvalue weighted by molar-refractivity contribution is 7.90. The lowest BCUT2D eigenvalue weighted by Crippen LogP contribution is -2.42. The number of nitrogens with zero attached hydrogens (tertiary/aromatic N) is 2. The summed E-state index contributed by atoms with van der Waals surface area (Å²) < 4.78 is 23.5. The van der Waals surface area contributed by atoms with Gasteiger partial charge in [0.05, 0.1) is 11.5 Å². The van der Waals surface area contributed by atoms with Crippen LogP contribution in [0, 0.1) is 10.1 Å². The summed E-state index contributed by atoms with van der Waals surface area (Å²) in [5.41, 5.74) is 0.179. The highest BCUT2D eigenvalue weighted by atomic mass is 32.2. The van der Waals surface area contributed by atoms with Gasteiger partial charge in [-0.15, -0.1) is 0 Å². The fourth-order valence-corrected chi connectivity index (χ4v) is 3.32. The third-order valence-corrected chi connectivity index (χ3v) is 4.85. The lowest BCUT2D eigenvalue weighted by molar-refractivity contribution is -0.387. The number of hydrogen-bond donors (Lipinski definition) is 1. The molecule has 1 aromatic carbocycles. The van der Waals surface area contributed by atoms with E-state index in [-0.39, 0.29) is 17.5 Å². The molecule has 0 bridgehead atoms. The second-order valence-corrected chi connectivity index (χ2v) is 7.17. The average Bonchev–Trinajstić information content (AvgIpc) is 2.34. The molecule has 116 valence electrons. The van der Waals surface area contributed by atoms with Gasteiger partial charge in [0, 0.05) is 30.6 Å². The lowest BCUT2D eigenvalue weighted by Gasteiger charge is -2.39. The molecule has 1 saturated carbocycles. The minimum Gasteiger partial charge on any atom is -0.395 e. The van der Waals surface area contributed by atoms with Gasteiger partial charge in [-0.3, -0.25) is 10.1 Å². The van der Waals surface area contributed by atoms with Crippen LogP contribution >= 0.6 is 0 Å². The first-order chi connectivity index (χ1) is 9.84. The first-order valence-corrected chi connectivity index (χ1v) is 8.59. The Balaban J connectivity index is 2.47. The van der Waals surface area contributed by atoms with E-state index in [2.05, 4.69) is 0 Å². The summed E-state index contributed by atoms with van der Waals surface area (Å²) in [7, 11) is -3.69. The Labute approximate surface area is 123 Å². The minimum atomic E-state index is -3.69. The maximum Gasteiger partial charge on any atom is 0.288 e. The number of nitro benzene ring substituents is 1. The topological polar surface area (TPSA) is 101 Å². The smallest absolute Gasteiger partial charge is 0.288 e. The van der Waals surface area contributed by atoms with E-state index in [1.54, 1.807) is 6.07 Å². The Morgan fingerprint density at radius 3 is 2.52 bits per heavy atom. The zero-order chi connectivity index (χ0) is 15.6. The summed E-state index contributed by atoms with van der Waals surface area (Å²) in [4.78, 5) is 11.9. The van der Waals surface area contributed by atoms with E-state index < -0.39 is 20.4 Å². The van der Waals surface area contributed by atoms with Crippen molar-refractivity contribution in [2.24, 2.45) is 0 Å². The van der Waals surface area contributed by atoms with Gasteiger partial charge in [0.1, 0.15) is 4.90 Å². The van der Waals surface area contributed by atoms with E-state index in [9.17, 15) is 23.6 Å². The maximum absolute atomic E-state index is 11.8. The van der Waals surface area contributed by atoms with Gasteiger partial charge in [0.25, 0.3) is 5.69 Å². The van der Waals surface area contributed by atoms with Gasteiger partial charge >= 0.3 is 0 Å². The van der Waals surface area contributed by atoms with Crippen molar-refractivity contribution in [3.8, 4) is 0 Å². The van der Waals surface area contributed by atoms with Crippen LogP contribution in [0.15, 0.2) is 23.1 Å². The summed E-state index contributed by atoms with van der Waals surface area (Å²) in [5.74, 6) is 0. The molecule has 0 amide bonds. The van der Waals surface area contributed by atoms with Crippen LogP contribution < -0.4 is 4.90 Å². The first kappa shape index (κ1) is 15.7. The zero-order valence-corrected chi connectivity index (χ0v) is 12.5. The van der Waals surface area contributed by atoms with E-state index >= 15 is 0 Å². The van der Waals surface area contributed by atoms with Crippen molar-refractivity contribution in [3.63, 3.8) is 0 Å². The number of sulfone groups is 1. The van der Waals surface area contributed by atoms with Gasteiger partial charge in [-0.05, 0) is 31.4 Å². The van der Waals surface area contributed by atoms with Crippen LogP contribution in [0.2, 0.25) is 0 Å². The van der Waals surface area contributed by atoms with Crippen LogP contribution in [0.5, 0.6) is 0 Å². The van der Waals surface area contributed by atoms with Crippen molar-refractivity contribution in [2.75, 3.05) is 24.3 Å². The van der Waals surface area contributed by atoms with E-state index in [0.29, 0.717) is 12.2 Å². The summed E-state index contributed by atoms with van der Waals surface area (Å²) in [6.07, 6.45) is 4.01. The van der Waals surface area contributed by atoms with Gasteiger partial charge in [0.2, 0.25) is 0 Å². The average molecular weight is 314 g/mol. The molecule has 1 N–H and O–H groups in total. The lowest BCUT2D eigenvalue weighted by atomic mass is 9.91. The quantitative estimate of drug-likeness (QED) is 0.628. The highest BCUT2D eigenvalue weighted by Gasteiger charge is 2.28. The van der Waals surface area contributed by atoms with Gasteiger partial charge in [0.15, 0.2) is 9.84 Å². The third kappa shape index (κ3) is 3.33. The molecule has 0 saturated heterocycles. The van der Waals surface area contributed by atoms with Gasteiger partial charge in [-0.1, -0.05) is 0 Å². The molecular weight excluding hydrogens is 296 g/mol. The predicted octanol–water partition coefficient (Wildman–Crippen LogP) is 1.35. The van der Waals surface area contributed by atoms with E-state index in [4.69, 9.17) is 0 Å². The summed E-state index contributed by atoms with van der Waals surface area (Å²) in [6, 6.07) is 4.35. The molecule has 0 aliphatic heterocycles. The predicted molar refractivity (Wildman–Crippen MR) is 78.3 cm³/mol. The number of rotatable bonds is 6. The molecule has 8 heteroatoms. The molecule has 2 rings (SSSR count). The zero-order valence-electron chi connectivity index (χ0n) is 11.7. The van der Waals surface area contributed by atoms with Gasteiger partial charge in [-0.25, -0.2) is 8.42 Å². The Bertz CT molecular complexity index is 640. The van der Waals surface area contributed by atoms with Crippen LogP contribution in [-0.4, -0.2) is 43.9 Å². The molecule has 0 unspecified atom stereocenters. The highest BCUT2D eigenvalue weighted by Crippen LogP contribution is 2.33. The number of benzene rings is 1. The second kappa shape index (κ2) is 5.98. The van der Waals surface area contributed by atoms with Crippen molar-refractivity contribution in [3.05, 3.63) is 28.3 Å². The van der Waals surface area contributed by atoms with Crippen molar-refractivity contribution in [1.29, 1.82) is 0 Å². The van der Waals surface area contributed by atoms with Crippen LogP contribution in [0.4, 0.5) is 11.4 Å². The third-order valence-electron chi connectivity index (χ3n) is 3.73. The molecule has 0 radical (unpaired) electrons. The van der Waals surface area contributed by atoms with Gasteiger partial charge in [-0.2, -0.15) is 0 Å². The molecular formula is C13H18N2O5S. The largest absolute Gasteiger partial charge is 0.395 e. The Morgan fingerprint density at radius 1 is 1.43 bits per heavy atom. The number of nitro groups is 1. The minimum absolute atomic E-state index is 0.0539. The molecule has 1 aliphatic rings. The standard InChI is InChI=1S/C13H18N2O5S/c1-21(19,20)13-9-11(5-6-12(13)15(17)18)14(7-8-16)10-3-2-4-10/h5-6,9-10,16H,2-4,7-8H2,1H3. The van der Waals surface area contributed by atoms with E-state index in [1.807, 2.05) is 4.90 Å². The number of aliphatic hydroxyl groups is 1. The van der Waals surface area contributed by atoms with Crippen LogP contribution in [0.25, 0.3) is 0 Å². The van der Waals surface area contributed by atoms with Gasteiger partial charge < -0.3 is 10.0 Å². The number of aliphatic hydroxyl groups excluding tert-OH is 1. The first-order valence-electron chi connectivity index (χ1n) is 6.70. The molecule has 1 fully saturated rings. The summed E-state index contributed by atoms with van der Waals surface area (Å²) in [5, 5.41) is 20.1. The normalized spacial score (nSPS) is 15.5. The molecule has 1 aromatic rings. The Kier molecular flexibility index (Phi) is 4.48. The van der Waals surface area contributed by atoms with Crippen molar-refractivity contribution in [1.82, 2.24) is 0 Å². The van der Waals surface area contributed by atoms with Crippen LogP contribution in [0.3, 0.4) is 0 Å². The van der Waals surface area contributed by atoms with Crippen molar-refractivity contribution < 1.29 is 18.4 Å². The molecule has 21 heavy (non-hydrogen) atoms. The SMILES string of the molecule is CS(=O)(=O)c1cc(N(CCO)C2CCC2)ccc1[N+](=O)[O-]. The van der Waals surface area contributed by atoms with E-state index in [1.165, 1.54) is 12.1 Å². The molecule has 1 aliphatic carbocycles. The molecule has 7 nitrogen and oxygen atoms in total. The number of anilines is 1. The fraction of sp³-hybridized carbons (Fsp3) is 0.538. The van der Waals surface area contributed by atoms with E-state index in [0.717, 1.165) is 25.5 Å². The van der Waals surface area contributed by atoms with Crippen LogP contribution in [-0.2, 0) is 9.84 Å². The Hall–Kier alpha value is -1.67. The molecule has 0 atom stereocenters. The van der Waals surface area contributed by atoms with Crippen molar-refractivity contribution >= 4 is 21.2 Å². The number of hydrogen-bond acceptors (Lipinski definition) is 6.